The Balaban J connectivity index is 1.27. The highest BCUT2D eigenvalue weighted by molar-refractivity contribution is 6.39. The van der Waals surface area contributed by atoms with Crippen molar-refractivity contribution in [3.05, 3.63) is 69.7 Å². The molecule has 0 radical (unpaired) electrons. The molecule has 30 heavy (non-hydrogen) atoms. The average Bonchev–Trinajstić information content (AvgIpc) is 2.73. The van der Waals surface area contributed by atoms with Crippen molar-refractivity contribution in [3.63, 3.8) is 0 Å². The third-order valence-corrected chi connectivity index (χ3v) is 6.16. The lowest BCUT2D eigenvalue weighted by Crippen LogP contribution is -2.49. The molecule has 1 N–H and O–H groups in total. The van der Waals surface area contributed by atoms with E-state index in [1.54, 1.807) is 0 Å². The topological polar surface area (TPSA) is 35.9 Å². The summed E-state index contributed by atoms with van der Waals surface area (Å²) in [7, 11) is 0. The van der Waals surface area contributed by atoms with E-state index >= 15 is 0 Å². The van der Waals surface area contributed by atoms with E-state index in [9.17, 15) is 5.11 Å². The Hall–Kier alpha value is -1.69. The number of hydrogen-bond acceptors (Lipinski definition) is 4. The number of rotatable bonds is 6. The molecule has 1 heterocycles. The lowest BCUT2D eigenvalue weighted by Gasteiger charge is -2.37. The van der Waals surface area contributed by atoms with Gasteiger partial charge < -0.3 is 14.7 Å². The van der Waals surface area contributed by atoms with Gasteiger partial charge in [0.25, 0.3) is 0 Å². The minimum absolute atomic E-state index is 0.246. The number of ether oxygens (including phenoxy) is 1. The van der Waals surface area contributed by atoms with Crippen molar-refractivity contribution < 1.29 is 9.84 Å². The number of β-amino-alcohol motifs (C(OH)–C–C–N with tert-alkyl or cyclic N) is 1. The van der Waals surface area contributed by atoms with Crippen molar-refractivity contribution in [2.24, 2.45) is 0 Å². The van der Waals surface area contributed by atoms with Gasteiger partial charge in [0, 0.05) is 37.7 Å². The fraction of sp³-hybridized carbons (Fsp3) is 0.304. The van der Waals surface area contributed by atoms with Crippen molar-refractivity contribution in [1.29, 1.82) is 0 Å². The summed E-state index contributed by atoms with van der Waals surface area (Å²) < 4.78 is 5.81. The second-order valence-corrected chi connectivity index (χ2v) is 8.73. The largest absolute Gasteiger partial charge is 0.491 e. The molecular formula is C23H23Cl3N2O2. The molecule has 0 aliphatic carbocycles. The first-order chi connectivity index (χ1) is 14.5. The van der Waals surface area contributed by atoms with Crippen molar-refractivity contribution in [1.82, 2.24) is 4.90 Å². The van der Waals surface area contributed by atoms with Gasteiger partial charge in [-0.3, -0.25) is 4.90 Å². The predicted molar refractivity (Wildman–Crippen MR) is 126 cm³/mol. The third-order valence-electron chi connectivity index (χ3n) is 5.31. The monoisotopic (exact) mass is 464 g/mol. The van der Waals surface area contributed by atoms with Crippen LogP contribution in [-0.2, 0) is 0 Å². The van der Waals surface area contributed by atoms with Gasteiger partial charge in [0.2, 0.25) is 0 Å². The van der Waals surface area contributed by atoms with Gasteiger partial charge in [0.05, 0.1) is 15.7 Å². The molecule has 1 unspecified atom stereocenters. The van der Waals surface area contributed by atoms with Gasteiger partial charge in [0.15, 0.2) is 0 Å². The van der Waals surface area contributed by atoms with E-state index in [0.717, 1.165) is 48.4 Å². The van der Waals surface area contributed by atoms with Crippen LogP contribution in [0.3, 0.4) is 0 Å². The van der Waals surface area contributed by atoms with Crippen LogP contribution in [0.25, 0.3) is 10.8 Å². The molecule has 1 aliphatic rings. The number of aliphatic hydroxyl groups is 1. The Kier molecular flexibility index (Phi) is 6.91. The van der Waals surface area contributed by atoms with Crippen molar-refractivity contribution in [2.45, 2.75) is 6.10 Å². The van der Waals surface area contributed by atoms with E-state index in [1.165, 1.54) is 0 Å². The fourth-order valence-corrected chi connectivity index (χ4v) is 4.59. The summed E-state index contributed by atoms with van der Waals surface area (Å²) in [6.45, 7) is 4.09. The highest BCUT2D eigenvalue weighted by Gasteiger charge is 2.22. The summed E-state index contributed by atoms with van der Waals surface area (Å²) in [4.78, 5) is 4.43. The molecule has 1 aliphatic heterocycles. The number of nitrogens with zero attached hydrogens (tertiary/aromatic N) is 2. The van der Waals surface area contributed by atoms with E-state index in [-0.39, 0.29) is 6.61 Å². The van der Waals surface area contributed by atoms with Crippen LogP contribution in [0.15, 0.2) is 54.6 Å². The molecule has 1 atom stereocenters. The van der Waals surface area contributed by atoms with E-state index in [0.29, 0.717) is 21.6 Å². The number of aliphatic hydroxyl groups excluding tert-OH is 1. The molecule has 158 valence electrons. The minimum atomic E-state index is -0.568. The van der Waals surface area contributed by atoms with E-state index in [2.05, 4.69) is 9.80 Å². The van der Waals surface area contributed by atoms with E-state index < -0.39 is 6.10 Å². The van der Waals surface area contributed by atoms with Crippen LogP contribution in [0.1, 0.15) is 0 Å². The first-order valence-corrected chi connectivity index (χ1v) is 11.0. The number of fused-ring (bicyclic) bond motifs is 1. The molecule has 0 amide bonds. The summed E-state index contributed by atoms with van der Waals surface area (Å²) >= 11 is 18.7. The maximum atomic E-state index is 10.4. The second-order valence-electron chi connectivity index (χ2n) is 7.48. The van der Waals surface area contributed by atoms with Crippen LogP contribution in [0.5, 0.6) is 5.75 Å². The van der Waals surface area contributed by atoms with Gasteiger partial charge in [-0.2, -0.15) is 0 Å². The van der Waals surface area contributed by atoms with Crippen LogP contribution < -0.4 is 9.64 Å². The molecule has 1 fully saturated rings. The van der Waals surface area contributed by atoms with Gasteiger partial charge >= 0.3 is 0 Å². The van der Waals surface area contributed by atoms with Gasteiger partial charge in [-0.05, 0) is 47.2 Å². The normalized spacial score (nSPS) is 16.1. The molecule has 0 saturated carbocycles. The number of halogens is 3. The van der Waals surface area contributed by atoms with Gasteiger partial charge in [0.1, 0.15) is 18.5 Å². The lowest BCUT2D eigenvalue weighted by molar-refractivity contribution is 0.0663. The van der Waals surface area contributed by atoms with Crippen molar-refractivity contribution >= 4 is 51.3 Å². The number of hydrogen-bond donors (Lipinski definition) is 1. The van der Waals surface area contributed by atoms with Crippen LogP contribution >= 0.6 is 34.8 Å². The highest BCUT2D eigenvalue weighted by Crippen LogP contribution is 2.34. The zero-order valence-corrected chi connectivity index (χ0v) is 18.7. The Bertz CT molecular complexity index is 1000. The molecular weight excluding hydrogens is 443 g/mol. The van der Waals surface area contributed by atoms with Crippen LogP contribution in [0.4, 0.5) is 5.69 Å². The van der Waals surface area contributed by atoms with Gasteiger partial charge in [-0.25, -0.2) is 0 Å². The van der Waals surface area contributed by atoms with Crippen molar-refractivity contribution in [3.8, 4) is 5.75 Å². The standard InChI is InChI=1S/C23H23Cl3N2O2/c24-18-6-4-17-13-20(7-5-16(17)12-18)30-15-19(29)14-27-8-10-28(11-9-27)23-21(25)2-1-3-22(23)26/h1-7,12-13,19,29H,8-11,14-15H2. The maximum Gasteiger partial charge on any atom is 0.120 e. The molecule has 4 rings (SSSR count). The molecule has 0 spiro atoms. The maximum absolute atomic E-state index is 10.4. The Morgan fingerprint density at radius 2 is 1.53 bits per heavy atom. The van der Waals surface area contributed by atoms with E-state index in [1.807, 2.05) is 54.6 Å². The number of benzene rings is 3. The zero-order valence-electron chi connectivity index (χ0n) is 16.4. The van der Waals surface area contributed by atoms with Crippen LogP contribution in [-0.4, -0.2) is 55.4 Å². The summed E-state index contributed by atoms with van der Waals surface area (Å²) in [5, 5.41) is 14.6. The summed E-state index contributed by atoms with van der Waals surface area (Å²) in [6, 6.07) is 17.2. The molecule has 0 aromatic heterocycles. The number of para-hydroxylation sites is 1. The smallest absolute Gasteiger partial charge is 0.120 e. The predicted octanol–water partition coefficient (Wildman–Crippen LogP) is 5.36. The molecule has 0 bridgehead atoms. The van der Waals surface area contributed by atoms with Crippen molar-refractivity contribution in [2.75, 3.05) is 44.2 Å². The third kappa shape index (κ3) is 5.13. The SMILES string of the molecule is OC(COc1ccc2cc(Cl)ccc2c1)CN1CCN(c2c(Cl)cccc2Cl)CC1. The average molecular weight is 466 g/mol. The molecule has 3 aromatic carbocycles. The van der Waals surface area contributed by atoms with Gasteiger partial charge in [-0.1, -0.05) is 53.0 Å². The summed E-state index contributed by atoms with van der Waals surface area (Å²) in [5.41, 5.74) is 0.891. The van der Waals surface area contributed by atoms with Crippen LogP contribution in [0.2, 0.25) is 15.1 Å². The first-order valence-electron chi connectivity index (χ1n) is 9.91. The Labute approximate surface area is 191 Å². The quantitative estimate of drug-likeness (QED) is 0.531. The lowest BCUT2D eigenvalue weighted by atomic mass is 10.1. The van der Waals surface area contributed by atoms with E-state index in [4.69, 9.17) is 39.5 Å². The minimum Gasteiger partial charge on any atom is -0.491 e. The molecule has 1 saturated heterocycles. The molecule has 3 aromatic rings. The summed E-state index contributed by atoms with van der Waals surface area (Å²) in [6.07, 6.45) is -0.568. The first kappa shape index (κ1) is 21.5. The Morgan fingerprint density at radius 1 is 0.867 bits per heavy atom. The molecule has 7 heteroatoms. The zero-order chi connectivity index (χ0) is 21.1. The Morgan fingerprint density at radius 3 is 2.27 bits per heavy atom. The molecule has 4 nitrogen and oxygen atoms in total. The van der Waals surface area contributed by atoms with Gasteiger partial charge in [-0.15, -0.1) is 0 Å². The number of anilines is 1. The summed E-state index contributed by atoms with van der Waals surface area (Å²) in [5.74, 6) is 0.738. The highest BCUT2D eigenvalue weighted by atomic mass is 35.5. The fourth-order valence-electron chi connectivity index (χ4n) is 3.77. The number of piperazine rings is 1. The van der Waals surface area contributed by atoms with Crippen LogP contribution in [0, 0.1) is 0 Å². The second kappa shape index (κ2) is 9.63.